The molecule has 0 saturated carbocycles. The molecular weight excluding hydrogens is 330 g/mol. The Morgan fingerprint density at radius 2 is 2.00 bits per heavy atom. The first-order valence-corrected chi connectivity index (χ1v) is 7.62. The largest absolute Gasteiger partial charge is 0.469 e. The number of hydrogen-bond donors (Lipinski definition) is 1. The van der Waals surface area contributed by atoms with Crippen molar-refractivity contribution >= 4 is 45.3 Å². The maximum atomic E-state index is 11.9. The van der Waals surface area contributed by atoms with Crippen molar-refractivity contribution in [3.05, 3.63) is 28.7 Å². The topological polar surface area (TPSA) is 55.4 Å². The van der Waals surface area contributed by atoms with Crippen molar-refractivity contribution in [3.8, 4) is 0 Å². The molecule has 104 valence electrons. The van der Waals surface area contributed by atoms with Crippen LogP contribution in [0, 0.1) is 0 Å². The Morgan fingerprint density at radius 1 is 1.37 bits per heavy atom. The molecule has 0 radical (unpaired) electrons. The number of thioether (sulfide) groups is 1. The fourth-order valence-corrected chi connectivity index (χ4v) is 2.39. The van der Waals surface area contributed by atoms with Crippen LogP contribution in [0.25, 0.3) is 0 Å². The van der Waals surface area contributed by atoms with Gasteiger partial charge in [0.25, 0.3) is 0 Å². The van der Waals surface area contributed by atoms with E-state index in [1.165, 1.54) is 18.9 Å². The van der Waals surface area contributed by atoms with Crippen LogP contribution < -0.4 is 5.32 Å². The number of benzene rings is 1. The van der Waals surface area contributed by atoms with Crippen LogP contribution in [0.3, 0.4) is 0 Å². The number of hydrogen-bond acceptors (Lipinski definition) is 4. The van der Waals surface area contributed by atoms with Gasteiger partial charge in [0.15, 0.2) is 0 Å². The molecule has 1 aromatic carbocycles. The molecule has 0 bridgehead atoms. The van der Waals surface area contributed by atoms with Crippen LogP contribution in [0.1, 0.15) is 13.3 Å². The van der Waals surface area contributed by atoms with Crippen molar-refractivity contribution in [3.63, 3.8) is 0 Å². The third kappa shape index (κ3) is 6.11. The van der Waals surface area contributed by atoms with Gasteiger partial charge in [0.1, 0.15) is 0 Å². The molecule has 19 heavy (non-hydrogen) atoms. The number of carbonyl (C=O) groups excluding carboxylic acids is 2. The van der Waals surface area contributed by atoms with Gasteiger partial charge < -0.3 is 10.1 Å². The molecule has 1 atom stereocenters. The fraction of sp³-hybridized carbons (Fsp3) is 0.385. The number of rotatable bonds is 6. The molecule has 0 heterocycles. The summed E-state index contributed by atoms with van der Waals surface area (Å²) in [5.74, 6) is 0.243. The Labute approximate surface area is 125 Å². The highest BCUT2D eigenvalue weighted by atomic mass is 79.9. The van der Waals surface area contributed by atoms with Gasteiger partial charge in [0.05, 0.1) is 18.8 Å². The van der Waals surface area contributed by atoms with Gasteiger partial charge in [-0.05, 0) is 31.2 Å². The first-order chi connectivity index (χ1) is 9.02. The van der Waals surface area contributed by atoms with Gasteiger partial charge in [0.2, 0.25) is 5.91 Å². The zero-order chi connectivity index (χ0) is 14.3. The van der Waals surface area contributed by atoms with Crippen LogP contribution in [-0.4, -0.2) is 30.0 Å². The van der Waals surface area contributed by atoms with E-state index in [1.54, 1.807) is 0 Å². The monoisotopic (exact) mass is 345 g/mol. The summed E-state index contributed by atoms with van der Waals surface area (Å²) in [5, 5.41) is 2.61. The summed E-state index contributed by atoms with van der Waals surface area (Å²) < 4.78 is 5.51. The second-order valence-corrected chi connectivity index (χ2v) is 6.20. The van der Waals surface area contributed by atoms with Gasteiger partial charge in [0, 0.05) is 15.9 Å². The van der Waals surface area contributed by atoms with Crippen molar-refractivity contribution < 1.29 is 14.3 Å². The van der Waals surface area contributed by atoms with Crippen LogP contribution in [-0.2, 0) is 14.3 Å². The Bertz CT molecular complexity index is 436. The maximum Gasteiger partial charge on any atom is 0.306 e. The summed E-state index contributed by atoms with van der Waals surface area (Å²) in [4.78, 5) is 22.8. The van der Waals surface area contributed by atoms with Gasteiger partial charge in [-0.2, -0.15) is 0 Å². The molecule has 1 rings (SSSR count). The number of nitrogens with one attached hydrogen (secondary N) is 1. The zero-order valence-corrected chi connectivity index (χ0v) is 13.2. The molecule has 1 aromatic rings. The second-order valence-electron chi connectivity index (χ2n) is 3.84. The van der Waals surface area contributed by atoms with E-state index >= 15 is 0 Å². The number of carbonyl (C=O) groups is 2. The van der Waals surface area contributed by atoms with Crippen LogP contribution in [0.4, 0.5) is 5.69 Å². The second kappa shape index (κ2) is 8.22. The third-order valence-electron chi connectivity index (χ3n) is 2.38. The molecule has 0 unspecified atom stereocenters. The molecule has 4 nitrogen and oxygen atoms in total. The molecule has 0 saturated heterocycles. The minimum Gasteiger partial charge on any atom is -0.469 e. The lowest BCUT2D eigenvalue weighted by Gasteiger charge is -2.11. The van der Waals surface area contributed by atoms with Gasteiger partial charge in [-0.3, -0.25) is 9.59 Å². The average Bonchev–Trinajstić information content (AvgIpc) is 2.40. The zero-order valence-electron chi connectivity index (χ0n) is 10.8. The number of amides is 1. The molecule has 0 aliphatic rings. The van der Waals surface area contributed by atoms with E-state index in [0.29, 0.717) is 12.2 Å². The summed E-state index contributed by atoms with van der Waals surface area (Å²) in [7, 11) is 1.36. The smallest absolute Gasteiger partial charge is 0.306 e. The van der Waals surface area contributed by atoms with E-state index in [9.17, 15) is 9.59 Å². The highest BCUT2D eigenvalue weighted by molar-refractivity contribution is 9.10. The first kappa shape index (κ1) is 16.0. The van der Waals surface area contributed by atoms with E-state index in [1.807, 2.05) is 31.2 Å². The Kier molecular flexibility index (Phi) is 6.94. The lowest BCUT2D eigenvalue weighted by molar-refractivity contribution is -0.140. The van der Waals surface area contributed by atoms with Gasteiger partial charge >= 0.3 is 5.97 Å². The highest BCUT2D eigenvalue weighted by Crippen LogP contribution is 2.17. The van der Waals surface area contributed by atoms with Crippen LogP contribution in [0.2, 0.25) is 0 Å². The van der Waals surface area contributed by atoms with Crippen molar-refractivity contribution in [2.45, 2.75) is 18.6 Å². The molecular formula is C13H16BrNO3S. The van der Waals surface area contributed by atoms with Crippen molar-refractivity contribution in [1.82, 2.24) is 0 Å². The van der Waals surface area contributed by atoms with Crippen LogP contribution >= 0.6 is 27.7 Å². The van der Waals surface area contributed by atoms with Crippen molar-refractivity contribution in [2.75, 3.05) is 18.2 Å². The SMILES string of the molecule is COC(=O)CCS[C@@H](C)C(=O)Nc1ccc(Br)cc1. The van der Waals surface area contributed by atoms with Gasteiger partial charge in [-0.15, -0.1) is 11.8 Å². The maximum absolute atomic E-state index is 11.9. The van der Waals surface area contributed by atoms with E-state index in [2.05, 4.69) is 26.0 Å². The highest BCUT2D eigenvalue weighted by Gasteiger charge is 2.14. The first-order valence-electron chi connectivity index (χ1n) is 5.77. The molecule has 0 fully saturated rings. The van der Waals surface area contributed by atoms with Crippen molar-refractivity contribution in [1.29, 1.82) is 0 Å². The summed E-state index contributed by atoms with van der Waals surface area (Å²) in [6.07, 6.45) is 0.317. The number of esters is 1. The molecule has 1 amide bonds. The molecule has 0 aromatic heterocycles. The summed E-state index contributed by atoms with van der Waals surface area (Å²) in [5.41, 5.74) is 0.758. The van der Waals surface area contributed by atoms with Gasteiger partial charge in [-0.25, -0.2) is 0 Å². The molecule has 0 aliphatic heterocycles. The molecule has 6 heteroatoms. The lowest BCUT2D eigenvalue weighted by atomic mass is 10.3. The van der Waals surface area contributed by atoms with E-state index in [4.69, 9.17) is 0 Å². The van der Waals surface area contributed by atoms with Crippen LogP contribution in [0.15, 0.2) is 28.7 Å². The molecule has 1 N–H and O–H groups in total. The van der Waals surface area contributed by atoms with Crippen LogP contribution in [0.5, 0.6) is 0 Å². The Hall–Kier alpha value is -1.01. The predicted molar refractivity (Wildman–Crippen MR) is 81.3 cm³/mol. The van der Waals surface area contributed by atoms with E-state index < -0.39 is 0 Å². The van der Waals surface area contributed by atoms with E-state index in [-0.39, 0.29) is 17.1 Å². The molecule has 0 spiro atoms. The fourth-order valence-electron chi connectivity index (χ4n) is 1.27. The Morgan fingerprint density at radius 3 is 2.58 bits per heavy atom. The van der Waals surface area contributed by atoms with E-state index in [0.717, 1.165) is 10.2 Å². The van der Waals surface area contributed by atoms with Crippen molar-refractivity contribution in [2.24, 2.45) is 0 Å². The number of ether oxygens (including phenoxy) is 1. The molecule has 0 aliphatic carbocycles. The minimum atomic E-state index is -0.256. The average molecular weight is 346 g/mol. The predicted octanol–water partition coefficient (Wildman–Crippen LogP) is 3.07. The minimum absolute atomic E-state index is 0.0720. The normalized spacial score (nSPS) is 11.7. The summed E-state index contributed by atoms with van der Waals surface area (Å²) in [6.45, 7) is 1.82. The quantitative estimate of drug-likeness (QED) is 0.805. The summed E-state index contributed by atoms with van der Waals surface area (Å²) in [6, 6.07) is 7.39. The van der Waals surface area contributed by atoms with Gasteiger partial charge in [-0.1, -0.05) is 15.9 Å². The lowest BCUT2D eigenvalue weighted by Crippen LogP contribution is -2.23. The summed E-state index contributed by atoms with van der Waals surface area (Å²) >= 11 is 4.76. The third-order valence-corrected chi connectivity index (χ3v) is 4.07. The number of methoxy groups -OCH3 is 1. The number of halogens is 1. The Balaban J connectivity index is 2.36. The standard InChI is InChI=1S/C13H16BrNO3S/c1-9(19-8-7-12(16)18-2)13(17)15-11-5-3-10(14)4-6-11/h3-6,9H,7-8H2,1-2H3,(H,15,17)/t9-/m0/s1. The number of anilines is 1.